The number of fused-ring (bicyclic) bond motifs is 1. The van der Waals surface area contributed by atoms with Crippen molar-refractivity contribution in [3.05, 3.63) is 34.2 Å². The topological polar surface area (TPSA) is 39.4 Å². The molecular formula is C11H8BrN3OS. The van der Waals surface area contributed by atoms with Crippen LogP contribution in [0, 0.1) is 0 Å². The predicted molar refractivity (Wildman–Crippen MR) is 70.6 cm³/mol. The van der Waals surface area contributed by atoms with Gasteiger partial charge in [0.2, 0.25) is 0 Å². The van der Waals surface area contributed by atoms with Crippen molar-refractivity contribution in [1.29, 1.82) is 0 Å². The summed E-state index contributed by atoms with van der Waals surface area (Å²) in [5.41, 5.74) is 0.810. The highest BCUT2D eigenvalue weighted by molar-refractivity contribution is 9.11. The molecule has 3 heterocycles. The van der Waals surface area contributed by atoms with E-state index in [0.717, 1.165) is 25.9 Å². The van der Waals surface area contributed by atoms with E-state index in [4.69, 9.17) is 4.74 Å². The summed E-state index contributed by atoms with van der Waals surface area (Å²) in [4.78, 5) is 1.07. The maximum atomic E-state index is 5.21. The molecule has 6 heteroatoms. The van der Waals surface area contributed by atoms with Crippen LogP contribution in [-0.2, 0) is 0 Å². The van der Waals surface area contributed by atoms with E-state index < -0.39 is 0 Å². The maximum Gasteiger partial charge on any atom is 0.178 e. The number of nitrogens with zero attached hydrogens (tertiary/aromatic N) is 3. The van der Waals surface area contributed by atoms with Crippen molar-refractivity contribution in [3.8, 4) is 16.5 Å². The van der Waals surface area contributed by atoms with Gasteiger partial charge in [0.1, 0.15) is 5.75 Å². The summed E-state index contributed by atoms with van der Waals surface area (Å²) >= 11 is 5.07. The summed E-state index contributed by atoms with van der Waals surface area (Å²) in [6, 6.07) is 7.78. The first-order valence-electron chi connectivity index (χ1n) is 4.92. The van der Waals surface area contributed by atoms with Gasteiger partial charge in [0.05, 0.1) is 22.0 Å². The lowest BCUT2D eigenvalue weighted by Crippen LogP contribution is -1.90. The quantitative estimate of drug-likeness (QED) is 0.729. The van der Waals surface area contributed by atoms with E-state index in [1.54, 1.807) is 18.4 Å². The van der Waals surface area contributed by atoms with E-state index in [2.05, 4.69) is 26.1 Å². The molecule has 0 radical (unpaired) electrons. The minimum absolute atomic E-state index is 0.786. The molecule has 0 amide bonds. The van der Waals surface area contributed by atoms with Gasteiger partial charge in [-0.1, -0.05) is 0 Å². The molecule has 0 aliphatic heterocycles. The highest BCUT2D eigenvalue weighted by Crippen LogP contribution is 2.30. The number of hydrogen-bond donors (Lipinski definition) is 0. The van der Waals surface area contributed by atoms with Crippen LogP contribution < -0.4 is 4.74 Å². The monoisotopic (exact) mass is 309 g/mol. The van der Waals surface area contributed by atoms with Crippen LogP contribution in [0.4, 0.5) is 0 Å². The zero-order chi connectivity index (χ0) is 11.8. The molecule has 3 rings (SSSR count). The molecule has 0 aliphatic carbocycles. The second-order valence-corrected chi connectivity index (χ2v) is 5.89. The molecule has 3 aromatic heterocycles. The molecule has 0 saturated carbocycles. The third-order valence-electron chi connectivity index (χ3n) is 2.40. The number of ether oxygens (including phenoxy) is 1. The average Bonchev–Trinajstić information content (AvgIpc) is 2.93. The number of halogens is 1. The number of pyridine rings is 1. The van der Waals surface area contributed by atoms with Crippen molar-refractivity contribution < 1.29 is 4.74 Å². The fourth-order valence-electron chi connectivity index (χ4n) is 1.59. The number of rotatable bonds is 2. The summed E-state index contributed by atoms with van der Waals surface area (Å²) in [5.74, 6) is 1.61. The lowest BCUT2D eigenvalue weighted by atomic mass is 10.4. The van der Waals surface area contributed by atoms with E-state index >= 15 is 0 Å². The zero-order valence-electron chi connectivity index (χ0n) is 8.92. The molecule has 17 heavy (non-hydrogen) atoms. The lowest BCUT2D eigenvalue weighted by Gasteiger charge is -2.01. The van der Waals surface area contributed by atoms with Gasteiger partial charge in [-0.25, -0.2) is 0 Å². The van der Waals surface area contributed by atoms with Crippen molar-refractivity contribution in [2.45, 2.75) is 0 Å². The first kappa shape index (κ1) is 10.7. The van der Waals surface area contributed by atoms with Crippen LogP contribution in [0.2, 0.25) is 0 Å². The van der Waals surface area contributed by atoms with E-state index in [1.807, 2.05) is 34.9 Å². The third kappa shape index (κ3) is 1.83. The van der Waals surface area contributed by atoms with E-state index in [-0.39, 0.29) is 0 Å². The fraction of sp³-hybridized carbons (Fsp3) is 0.0909. The molecule has 86 valence electrons. The largest absolute Gasteiger partial charge is 0.495 e. The van der Waals surface area contributed by atoms with Gasteiger partial charge in [0.15, 0.2) is 11.5 Å². The van der Waals surface area contributed by atoms with Crippen LogP contribution in [0.25, 0.3) is 16.3 Å². The van der Waals surface area contributed by atoms with Gasteiger partial charge in [0.25, 0.3) is 0 Å². The molecule has 0 bridgehead atoms. The molecule has 4 nitrogen and oxygen atoms in total. The standard InChI is InChI=1S/C11H8BrN3OS/c1-16-7-2-5-10-13-14-11(15(10)6-7)8-3-4-9(12)17-8/h2-6H,1H3. The summed E-state index contributed by atoms with van der Waals surface area (Å²) < 4.78 is 8.21. The van der Waals surface area contributed by atoms with Crippen LogP contribution in [0.1, 0.15) is 0 Å². The van der Waals surface area contributed by atoms with Crippen molar-refractivity contribution in [1.82, 2.24) is 14.6 Å². The Morgan fingerprint density at radius 1 is 1.24 bits per heavy atom. The second-order valence-electron chi connectivity index (χ2n) is 3.42. The molecule has 0 spiro atoms. The predicted octanol–water partition coefficient (Wildman–Crippen LogP) is 3.23. The van der Waals surface area contributed by atoms with Gasteiger partial charge in [-0.15, -0.1) is 21.5 Å². The highest BCUT2D eigenvalue weighted by atomic mass is 79.9. The molecule has 0 saturated heterocycles. The first-order chi connectivity index (χ1) is 8.28. The van der Waals surface area contributed by atoms with E-state index in [9.17, 15) is 0 Å². The Labute approximate surface area is 110 Å². The summed E-state index contributed by atoms with van der Waals surface area (Å²) in [6.45, 7) is 0. The molecule has 0 aromatic carbocycles. The Morgan fingerprint density at radius 2 is 2.12 bits per heavy atom. The van der Waals surface area contributed by atoms with Gasteiger partial charge in [-0.2, -0.15) is 0 Å². The highest BCUT2D eigenvalue weighted by Gasteiger charge is 2.10. The molecule has 0 aliphatic rings. The van der Waals surface area contributed by atoms with Crippen LogP contribution in [-0.4, -0.2) is 21.7 Å². The maximum absolute atomic E-state index is 5.21. The SMILES string of the molecule is COc1ccc2nnc(-c3ccc(Br)s3)n2c1. The number of methoxy groups -OCH3 is 1. The van der Waals surface area contributed by atoms with Crippen LogP contribution in [0.5, 0.6) is 5.75 Å². The molecular weight excluding hydrogens is 302 g/mol. The number of hydrogen-bond acceptors (Lipinski definition) is 4. The van der Waals surface area contributed by atoms with E-state index in [0.29, 0.717) is 0 Å². The zero-order valence-corrected chi connectivity index (χ0v) is 11.3. The number of aromatic nitrogens is 3. The van der Waals surface area contributed by atoms with Gasteiger partial charge >= 0.3 is 0 Å². The summed E-state index contributed by atoms with van der Waals surface area (Å²) in [6.07, 6.45) is 1.89. The van der Waals surface area contributed by atoms with Gasteiger partial charge in [0, 0.05) is 0 Å². The van der Waals surface area contributed by atoms with Gasteiger partial charge in [-0.05, 0) is 40.2 Å². The molecule has 0 fully saturated rings. The van der Waals surface area contributed by atoms with E-state index in [1.165, 1.54) is 0 Å². The van der Waals surface area contributed by atoms with Crippen LogP contribution in [0.3, 0.4) is 0 Å². The minimum atomic E-state index is 0.786. The number of thiophene rings is 1. The Morgan fingerprint density at radius 3 is 2.82 bits per heavy atom. The molecule has 3 aromatic rings. The van der Waals surface area contributed by atoms with Crippen LogP contribution >= 0.6 is 27.3 Å². The minimum Gasteiger partial charge on any atom is -0.495 e. The van der Waals surface area contributed by atoms with Crippen molar-refractivity contribution in [2.24, 2.45) is 0 Å². The smallest absolute Gasteiger partial charge is 0.178 e. The van der Waals surface area contributed by atoms with Crippen molar-refractivity contribution in [3.63, 3.8) is 0 Å². The normalized spacial score (nSPS) is 10.9. The first-order valence-corrected chi connectivity index (χ1v) is 6.53. The average molecular weight is 310 g/mol. The fourth-order valence-corrected chi connectivity index (χ4v) is 2.96. The Balaban J connectivity index is 2.22. The van der Waals surface area contributed by atoms with Gasteiger partial charge in [-0.3, -0.25) is 4.40 Å². The molecule has 0 N–H and O–H groups in total. The Bertz CT molecular complexity index is 676. The third-order valence-corrected chi connectivity index (χ3v) is 4.02. The summed E-state index contributed by atoms with van der Waals surface area (Å²) in [5, 5.41) is 8.33. The molecule has 0 unspecified atom stereocenters. The van der Waals surface area contributed by atoms with Crippen molar-refractivity contribution >= 4 is 32.9 Å². The molecule has 0 atom stereocenters. The summed E-state index contributed by atoms with van der Waals surface area (Å²) in [7, 11) is 1.65. The second kappa shape index (κ2) is 4.12. The Hall–Kier alpha value is -1.40. The lowest BCUT2D eigenvalue weighted by molar-refractivity contribution is 0.412. The Kier molecular flexibility index (Phi) is 2.60. The van der Waals surface area contributed by atoms with Gasteiger partial charge < -0.3 is 4.74 Å². The van der Waals surface area contributed by atoms with Crippen molar-refractivity contribution in [2.75, 3.05) is 7.11 Å². The van der Waals surface area contributed by atoms with Crippen LogP contribution in [0.15, 0.2) is 34.2 Å².